The second-order valence-corrected chi connectivity index (χ2v) is 6.14. The lowest BCUT2D eigenvalue weighted by Crippen LogP contribution is -2.49. The SMILES string of the molecule is CN(C)C1CCCN(CC2CNc3ccccc3O2)C1. The number of piperidine rings is 1. The first kappa shape index (κ1) is 13.7. The zero-order valence-electron chi connectivity index (χ0n) is 12.5. The van der Waals surface area contributed by atoms with E-state index in [4.69, 9.17) is 4.74 Å². The number of likely N-dealkylation sites (tertiary alicyclic amines) is 1. The van der Waals surface area contributed by atoms with Crippen molar-refractivity contribution in [1.82, 2.24) is 9.80 Å². The molecule has 0 radical (unpaired) electrons. The van der Waals surface area contributed by atoms with Crippen LogP contribution >= 0.6 is 0 Å². The molecule has 0 aliphatic carbocycles. The molecule has 2 atom stereocenters. The lowest BCUT2D eigenvalue weighted by atomic mass is 10.0. The van der Waals surface area contributed by atoms with Gasteiger partial charge in [0.2, 0.25) is 0 Å². The van der Waals surface area contributed by atoms with Gasteiger partial charge in [0.25, 0.3) is 0 Å². The molecule has 1 aromatic carbocycles. The summed E-state index contributed by atoms with van der Waals surface area (Å²) in [5.41, 5.74) is 1.12. The van der Waals surface area contributed by atoms with Gasteiger partial charge in [-0.05, 0) is 45.6 Å². The van der Waals surface area contributed by atoms with Crippen molar-refractivity contribution >= 4 is 5.69 Å². The maximum absolute atomic E-state index is 6.11. The lowest BCUT2D eigenvalue weighted by Gasteiger charge is -2.38. The van der Waals surface area contributed by atoms with E-state index >= 15 is 0 Å². The van der Waals surface area contributed by atoms with Crippen LogP contribution < -0.4 is 10.1 Å². The molecule has 0 spiro atoms. The molecule has 0 aromatic heterocycles. The van der Waals surface area contributed by atoms with Crippen molar-refractivity contribution in [3.8, 4) is 5.75 Å². The monoisotopic (exact) mass is 275 g/mol. The molecule has 2 heterocycles. The number of likely N-dealkylation sites (N-methyl/N-ethyl adjacent to an activating group) is 1. The third-order valence-electron chi connectivity index (χ3n) is 4.37. The number of hydrogen-bond donors (Lipinski definition) is 1. The minimum Gasteiger partial charge on any atom is -0.485 e. The van der Waals surface area contributed by atoms with E-state index in [2.05, 4.69) is 35.3 Å². The number of rotatable bonds is 3. The molecule has 4 heteroatoms. The quantitative estimate of drug-likeness (QED) is 0.911. The van der Waals surface area contributed by atoms with Crippen molar-refractivity contribution in [2.75, 3.05) is 45.6 Å². The molecule has 1 saturated heterocycles. The van der Waals surface area contributed by atoms with E-state index in [0.29, 0.717) is 6.04 Å². The Morgan fingerprint density at radius 2 is 2.20 bits per heavy atom. The van der Waals surface area contributed by atoms with Crippen molar-refractivity contribution in [3.05, 3.63) is 24.3 Å². The van der Waals surface area contributed by atoms with Gasteiger partial charge in [-0.3, -0.25) is 4.90 Å². The first-order chi connectivity index (χ1) is 9.72. The van der Waals surface area contributed by atoms with Gasteiger partial charge in [0.15, 0.2) is 0 Å². The highest BCUT2D eigenvalue weighted by Crippen LogP contribution is 2.28. The van der Waals surface area contributed by atoms with Crippen molar-refractivity contribution in [3.63, 3.8) is 0 Å². The number of para-hydroxylation sites is 2. The minimum absolute atomic E-state index is 0.255. The van der Waals surface area contributed by atoms with Crippen LogP contribution in [0.4, 0.5) is 5.69 Å². The molecule has 20 heavy (non-hydrogen) atoms. The van der Waals surface area contributed by atoms with Gasteiger partial charge >= 0.3 is 0 Å². The summed E-state index contributed by atoms with van der Waals surface area (Å²) in [7, 11) is 4.37. The predicted molar refractivity (Wildman–Crippen MR) is 82.5 cm³/mol. The molecule has 2 aliphatic heterocycles. The number of anilines is 1. The standard InChI is InChI=1S/C16H25N3O/c1-18(2)13-6-5-9-19(11-13)12-14-10-17-15-7-3-4-8-16(15)20-14/h3-4,7-8,13-14,17H,5-6,9-12H2,1-2H3. The molecular formula is C16H25N3O. The number of benzene rings is 1. The zero-order chi connectivity index (χ0) is 13.9. The van der Waals surface area contributed by atoms with Crippen LogP contribution in [0.1, 0.15) is 12.8 Å². The molecule has 2 unspecified atom stereocenters. The van der Waals surface area contributed by atoms with Gasteiger partial charge in [-0.2, -0.15) is 0 Å². The first-order valence-electron chi connectivity index (χ1n) is 7.61. The average molecular weight is 275 g/mol. The first-order valence-corrected chi connectivity index (χ1v) is 7.61. The number of fused-ring (bicyclic) bond motifs is 1. The summed E-state index contributed by atoms with van der Waals surface area (Å²) >= 11 is 0. The maximum atomic E-state index is 6.11. The van der Waals surface area contributed by atoms with E-state index in [0.717, 1.165) is 31.1 Å². The van der Waals surface area contributed by atoms with Crippen LogP contribution in [-0.4, -0.2) is 62.2 Å². The number of hydrogen-bond acceptors (Lipinski definition) is 4. The third-order valence-corrected chi connectivity index (χ3v) is 4.37. The second kappa shape index (κ2) is 6.02. The van der Waals surface area contributed by atoms with Gasteiger partial charge in [0, 0.05) is 19.1 Å². The van der Waals surface area contributed by atoms with Gasteiger partial charge in [-0.1, -0.05) is 12.1 Å². The summed E-state index contributed by atoms with van der Waals surface area (Å²) < 4.78 is 6.11. The van der Waals surface area contributed by atoms with Crippen molar-refractivity contribution in [2.24, 2.45) is 0 Å². The van der Waals surface area contributed by atoms with Crippen LogP contribution in [-0.2, 0) is 0 Å². The zero-order valence-corrected chi connectivity index (χ0v) is 12.5. The average Bonchev–Trinajstić information content (AvgIpc) is 2.47. The molecular weight excluding hydrogens is 250 g/mol. The normalized spacial score (nSPS) is 26.8. The smallest absolute Gasteiger partial charge is 0.142 e. The van der Waals surface area contributed by atoms with Crippen LogP contribution in [0.5, 0.6) is 5.75 Å². The fraction of sp³-hybridized carbons (Fsp3) is 0.625. The minimum atomic E-state index is 0.255. The Labute approximate surface area is 121 Å². The summed E-state index contributed by atoms with van der Waals surface area (Å²) in [5.74, 6) is 0.991. The summed E-state index contributed by atoms with van der Waals surface area (Å²) in [6.07, 6.45) is 2.86. The molecule has 3 rings (SSSR count). The molecule has 1 fully saturated rings. The molecule has 0 amide bonds. The van der Waals surface area contributed by atoms with Gasteiger partial charge in [0.05, 0.1) is 12.2 Å². The van der Waals surface area contributed by atoms with Gasteiger partial charge in [0.1, 0.15) is 11.9 Å². The molecule has 0 saturated carbocycles. The van der Waals surface area contributed by atoms with Crippen LogP contribution in [0.25, 0.3) is 0 Å². The Bertz CT molecular complexity index is 449. The van der Waals surface area contributed by atoms with E-state index in [1.165, 1.54) is 19.4 Å². The fourth-order valence-electron chi connectivity index (χ4n) is 3.17. The van der Waals surface area contributed by atoms with Crippen molar-refractivity contribution in [1.29, 1.82) is 0 Å². The molecule has 110 valence electrons. The fourth-order valence-corrected chi connectivity index (χ4v) is 3.17. The Morgan fingerprint density at radius 1 is 1.35 bits per heavy atom. The largest absolute Gasteiger partial charge is 0.485 e. The lowest BCUT2D eigenvalue weighted by molar-refractivity contribution is 0.0859. The van der Waals surface area contributed by atoms with Crippen LogP contribution in [0.3, 0.4) is 0 Å². The Balaban J connectivity index is 1.57. The number of ether oxygens (including phenoxy) is 1. The van der Waals surface area contributed by atoms with Gasteiger partial charge in [-0.15, -0.1) is 0 Å². The van der Waals surface area contributed by atoms with E-state index < -0.39 is 0 Å². The van der Waals surface area contributed by atoms with Crippen LogP contribution in [0.2, 0.25) is 0 Å². The number of nitrogens with zero attached hydrogens (tertiary/aromatic N) is 2. The molecule has 1 aromatic rings. The topological polar surface area (TPSA) is 27.7 Å². The Kier molecular flexibility index (Phi) is 4.13. The molecule has 4 nitrogen and oxygen atoms in total. The van der Waals surface area contributed by atoms with E-state index in [-0.39, 0.29) is 6.10 Å². The third kappa shape index (κ3) is 3.07. The summed E-state index contributed by atoms with van der Waals surface area (Å²) in [5, 5.41) is 3.47. The maximum Gasteiger partial charge on any atom is 0.142 e. The molecule has 2 aliphatic rings. The summed E-state index contributed by atoms with van der Waals surface area (Å²) in [6, 6.07) is 8.89. The highest BCUT2D eigenvalue weighted by atomic mass is 16.5. The highest BCUT2D eigenvalue weighted by molar-refractivity contribution is 5.57. The van der Waals surface area contributed by atoms with E-state index in [1.54, 1.807) is 0 Å². The van der Waals surface area contributed by atoms with Crippen LogP contribution in [0, 0.1) is 0 Å². The van der Waals surface area contributed by atoms with Crippen molar-refractivity contribution < 1.29 is 4.74 Å². The molecule has 0 bridgehead atoms. The van der Waals surface area contributed by atoms with Crippen molar-refractivity contribution in [2.45, 2.75) is 25.0 Å². The van der Waals surface area contributed by atoms with E-state index in [9.17, 15) is 0 Å². The Hall–Kier alpha value is -1.26. The number of nitrogens with one attached hydrogen (secondary N) is 1. The van der Waals surface area contributed by atoms with Gasteiger partial charge < -0.3 is 15.0 Å². The highest BCUT2D eigenvalue weighted by Gasteiger charge is 2.26. The molecule has 1 N–H and O–H groups in total. The van der Waals surface area contributed by atoms with Gasteiger partial charge in [-0.25, -0.2) is 0 Å². The predicted octanol–water partition coefficient (Wildman–Crippen LogP) is 1.89. The Morgan fingerprint density at radius 3 is 3.05 bits per heavy atom. The van der Waals surface area contributed by atoms with Crippen LogP contribution in [0.15, 0.2) is 24.3 Å². The second-order valence-electron chi connectivity index (χ2n) is 6.14. The summed E-state index contributed by atoms with van der Waals surface area (Å²) in [4.78, 5) is 4.90. The van der Waals surface area contributed by atoms with E-state index in [1.807, 2.05) is 18.2 Å². The summed E-state index contributed by atoms with van der Waals surface area (Å²) in [6.45, 7) is 4.28.